The maximum Gasteiger partial charge on any atom is 0.341 e. The second-order valence-electron chi connectivity index (χ2n) is 5.83. The Morgan fingerprint density at radius 2 is 1.96 bits per heavy atom. The van der Waals surface area contributed by atoms with Crippen LogP contribution in [0.15, 0.2) is 42.3 Å². The number of rotatable bonds is 8. The molecular weight excluding hydrogens is 422 g/mol. The largest absolute Gasteiger partial charge is 0.462 e. The van der Waals surface area contributed by atoms with Crippen LogP contribution in [0.4, 0.5) is 5.00 Å². The van der Waals surface area contributed by atoms with Gasteiger partial charge in [-0.25, -0.2) is 13.2 Å². The molecule has 6 nitrogen and oxygen atoms in total. The van der Waals surface area contributed by atoms with Gasteiger partial charge in [0.25, 0.3) is 0 Å². The average molecular weight is 442 g/mol. The molecular formula is C19H20ClNO5S2. The van der Waals surface area contributed by atoms with Gasteiger partial charge in [-0.2, -0.15) is 0 Å². The van der Waals surface area contributed by atoms with Crippen LogP contribution >= 0.6 is 22.9 Å². The van der Waals surface area contributed by atoms with Gasteiger partial charge in [0, 0.05) is 16.0 Å². The Morgan fingerprint density at radius 3 is 2.54 bits per heavy atom. The zero-order chi connectivity index (χ0) is 20.9. The monoisotopic (exact) mass is 441 g/mol. The van der Waals surface area contributed by atoms with Crippen molar-refractivity contribution in [3.8, 4) is 11.1 Å². The van der Waals surface area contributed by atoms with Gasteiger partial charge in [-0.15, -0.1) is 17.9 Å². The molecule has 28 heavy (non-hydrogen) atoms. The fourth-order valence-electron chi connectivity index (χ4n) is 2.38. The summed E-state index contributed by atoms with van der Waals surface area (Å²) >= 11 is 7.04. The predicted molar refractivity (Wildman–Crippen MR) is 113 cm³/mol. The van der Waals surface area contributed by atoms with E-state index < -0.39 is 27.0 Å². The Kier molecular flexibility index (Phi) is 7.40. The van der Waals surface area contributed by atoms with E-state index in [1.165, 1.54) is 13.0 Å². The third kappa shape index (κ3) is 5.01. The molecule has 0 radical (unpaired) electrons. The maximum atomic E-state index is 12.5. The van der Waals surface area contributed by atoms with Gasteiger partial charge in [-0.3, -0.25) is 4.79 Å². The van der Waals surface area contributed by atoms with Crippen LogP contribution in [0.5, 0.6) is 0 Å². The van der Waals surface area contributed by atoms with E-state index in [1.54, 1.807) is 36.6 Å². The summed E-state index contributed by atoms with van der Waals surface area (Å²) in [6, 6.07) is 6.86. The average Bonchev–Trinajstić information content (AvgIpc) is 3.05. The first-order valence-electron chi connectivity index (χ1n) is 8.39. The van der Waals surface area contributed by atoms with Crippen molar-refractivity contribution in [1.29, 1.82) is 0 Å². The molecule has 1 aromatic carbocycles. The number of nitrogens with one attached hydrogen (secondary N) is 1. The first-order valence-corrected chi connectivity index (χ1v) is 11.4. The van der Waals surface area contributed by atoms with Crippen LogP contribution in [0.1, 0.15) is 24.2 Å². The third-order valence-electron chi connectivity index (χ3n) is 3.92. The maximum absolute atomic E-state index is 12.5. The Bertz CT molecular complexity index is 980. The van der Waals surface area contributed by atoms with Crippen LogP contribution in [0.25, 0.3) is 11.1 Å². The lowest BCUT2D eigenvalue weighted by atomic mass is 10.0. The molecule has 0 bridgehead atoms. The van der Waals surface area contributed by atoms with Crippen molar-refractivity contribution in [2.24, 2.45) is 0 Å². The topological polar surface area (TPSA) is 89.5 Å². The van der Waals surface area contributed by atoms with E-state index in [1.807, 2.05) is 0 Å². The Labute approximate surface area is 173 Å². The SMILES string of the molecule is C=CCS(=O)(=O)C(C)C(=O)Nc1scc(-c2ccc(Cl)cc2)c1C(=O)OCC. The van der Waals surface area contributed by atoms with Crippen molar-refractivity contribution >= 4 is 49.7 Å². The lowest BCUT2D eigenvalue weighted by Crippen LogP contribution is -2.33. The second-order valence-corrected chi connectivity index (χ2v) is 9.51. The lowest BCUT2D eigenvalue weighted by Gasteiger charge is -2.13. The van der Waals surface area contributed by atoms with E-state index in [-0.39, 0.29) is 22.9 Å². The molecule has 0 saturated carbocycles. The molecule has 1 atom stereocenters. The number of ether oxygens (including phenoxy) is 1. The molecule has 9 heteroatoms. The lowest BCUT2D eigenvalue weighted by molar-refractivity contribution is -0.115. The summed E-state index contributed by atoms with van der Waals surface area (Å²) in [6.07, 6.45) is 1.23. The molecule has 1 heterocycles. The molecule has 0 aliphatic heterocycles. The minimum absolute atomic E-state index is 0.159. The van der Waals surface area contributed by atoms with Crippen LogP contribution in [-0.2, 0) is 19.4 Å². The summed E-state index contributed by atoms with van der Waals surface area (Å²) < 4.78 is 29.3. The number of thiophene rings is 1. The molecule has 1 unspecified atom stereocenters. The van der Waals surface area contributed by atoms with Gasteiger partial charge < -0.3 is 10.1 Å². The number of carbonyl (C=O) groups is 2. The number of halogens is 1. The van der Waals surface area contributed by atoms with Crippen molar-refractivity contribution < 1.29 is 22.7 Å². The standard InChI is InChI=1S/C19H20ClNO5S2/c1-4-10-28(24,25)12(3)17(22)21-18-16(19(23)26-5-2)15(11-27-18)13-6-8-14(20)9-7-13/h4,6-9,11-12H,1,5,10H2,2-3H3,(H,21,22). The van der Waals surface area contributed by atoms with Gasteiger partial charge in [0.15, 0.2) is 9.84 Å². The summed E-state index contributed by atoms with van der Waals surface area (Å²) in [5, 5.41) is 3.75. The summed E-state index contributed by atoms with van der Waals surface area (Å²) in [6.45, 7) is 6.52. The highest BCUT2D eigenvalue weighted by atomic mass is 35.5. The zero-order valence-corrected chi connectivity index (χ0v) is 17.8. The first kappa shape index (κ1) is 22.1. The molecule has 2 rings (SSSR count). The van der Waals surface area contributed by atoms with E-state index >= 15 is 0 Å². The summed E-state index contributed by atoms with van der Waals surface area (Å²) in [5.41, 5.74) is 1.46. The highest BCUT2D eigenvalue weighted by Gasteiger charge is 2.29. The summed E-state index contributed by atoms with van der Waals surface area (Å²) in [7, 11) is -3.68. The number of hydrogen-bond donors (Lipinski definition) is 1. The zero-order valence-electron chi connectivity index (χ0n) is 15.4. The van der Waals surface area contributed by atoms with Crippen molar-refractivity contribution in [2.75, 3.05) is 17.7 Å². The molecule has 0 fully saturated rings. The Hall–Kier alpha value is -2.16. The minimum atomic E-state index is -3.68. The van der Waals surface area contributed by atoms with Crippen LogP contribution in [0.2, 0.25) is 5.02 Å². The third-order valence-corrected chi connectivity index (χ3v) is 7.06. The normalized spacial score (nSPS) is 12.2. The predicted octanol–water partition coefficient (Wildman–Crippen LogP) is 4.17. The number of anilines is 1. The molecule has 0 saturated heterocycles. The fourth-order valence-corrected chi connectivity index (χ4v) is 4.47. The van der Waals surface area contributed by atoms with Crippen molar-refractivity contribution in [3.63, 3.8) is 0 Å². The van der Waals surface area contributed by atoms with E-state index in [4.69, 9.17) is 16.3 Å². The van der Waals surface area contributed by atoms with Gasteiger partial charge >= 0.3 is 5.97 Å². The number of esters is 1. The van der Waals surface area contributed by atoms with Gasteiger partial charge in [0.05, 0.1) is 12.4 Å². The second kappa shape index (κ2) is 9.36. The number of amides is 1. The van der Waals surface area contributed by atoms with E-state index in [2.05, 4.69) is 11.9 Å². The van der Waals surface area contributed by atoms with Crippen molar-refractivity contribution in [3.05, 3.63) is 52.9 Å². The molecule has 1 N–H and O–H groups in total. The quantitative estimate of drug-likeness (QED) is 0.490. The molecule has 150 valence electrons. The number of sulfone groups is 1. The van der Waals surface area contributed by atoms with E-state index in [0.717, 1.165) is 16.9 Å². The van der Waals surface area contributed by atoms with Gasteiger partial charge in [0.2, 0.25) is 5.91 Å². The number of carbonyl (C=O) groups excluding carboxylic acids is 2. The summed E-state index contributed by atoms with van der Waals surface area (Å²) in [5.74, 6) is -1.64. The smallest absolute Gasteiger partial charge is 0.341 e. The Balaban J connectivity index is 2.41. The summed E-state index contributed by atoms with van der Waals surface area (Å²) in [4.78, 5) is 25.0. The van der Waals surface area contributed by atoms with E-state index in [0.29, 0.717) is 10.6 Å². The highest BCUT2D eigenvalue weighted by molar-refractivity contribution is 7.92. The van der Waals surface area contributed by atoms with Gasteiger partial charge in [0.1, 0.15) is 15.8 Å². The molecule has 0 aliphatic rings. The molecule has 0 aliphatic carbocycles. The fraction of sp³-hybridized carbons (Fsp3) is 0.263. The molecule has 0 spiro atoms. The minimum Gasteiger partial charge on any atom is -0.462 e. The highest BCUT2D eigenvalue weighted by Crippen LogP contribution is 2.36. The van der Waals surface area contributed by atoms with Crippen molar-refractivity contribution in [2.45, 2.75) is 19.1 Å². The molecule has 1 aromatic heterocycles. The van der Waals surface area contributed by atoms with Crippen molar-refractivity contribution in [1.82, 2.24) is 0 Å². The Morgan fingerprint density at radius 1 is 1.32 bits per heavy atom. The van der Waals surface area contributed by atoms with Crippen LogP contribution in [-0.4, -0.2) is 37.9 Å². The number of benzene rings is 1. The van der Waals surface area contributed by atoms with Gasteiger partial charge in [-0.05, 0) is 31.5 Å². The van der Waals surface area contributed by atoms with E-state index in [9.17, 15) is 18.0 Å². The first-order chi connectivity index (χ1) is 13.2. The molecule has 2 aromatic rings. The number of hydrogen-bond acceptors (Lipinski definition) is 6. The van der Waals surface area contributed by atoms with Crippen LogP contribution in [0.3, 0.4) is 0 Å². The van der Waals surface area contributed by atoms with Crippen LogP contribution < -0.4 is 5.32 Å². The van der Waals surface area contributed by atoms with Gasteiger partial charge in [-0.1, -0.05) is 29.8 Å². The molecule has 1 amide bonds. The van der Waals surface area contributed by atoms with Crippen LogP contribution in [0, 0.1) is 0 Å².